The first kappa shape index (κ1) is 14.2. The summed E-state index contributed by atoms with van der Waals surface area (Å²) in [6.45, 7) is 4.78. The highest BCUT2D eigenvalue weighted by atomic mass is 16.4. The predicted molar refractivity (Wildman–Crippen MR) is 72.5 cm³/mol. The van der Waals surface area contributed by atoms with Crippen LogP contribution in [-0.2, 0) is 0 Å². The molecule has 1 saturated heterocycles. The molecule has 0 atom stereocenters. The Labute approximate surface area is 116 Å². The summed E-state index contributed by atoms with van der Waals surface area (Å²) < 4.78 is 0. The third kappa shape index (κ3) is 3.41. The van der Waals surface area contributed by atoms with Crippen LogP contribution in [-0.4, -0.2) is 69.4 Å². The Kier molecular flexibility index (Phi) is 4.46. The molecule has 8 heteroatoms. The van der Waals surface area contributed by atoms with Gasteiger partial charge in [-0.1, -0.05) is 5.16 Å². The zero-order valence-electron chi connectivity index (χ0n) is 11.4. The standard InChI is InChI=1S/C12H18N6O2/c1-9-6-15-10(7-14-9)12(19)18-4-2-17(3-5-18)8-11(13)16-20/h6-7,20H,2-5,8H2,1H3,(H2,13,16). The molecule has 3 N–H and O–H groups in total. The van der Waals surface area contributed by atoms with Gasteiger partial charge in [0.2, 0.25) is 0 Å². The van der Waals surface area contributed by atoms with Crippen molar-refractivity contribution < 1.29 is 10.0 Å². The Bertz CT molecular complexity index is 493. The number of hydrogen-bond acceptors (Lipinski definition) is 6. The molecule has 1 aliphatic rings. The van der Waals surface area contributed by atoms with Gasteiger partial charge in [-0.25, -0.2) is 4.98 Å². The van der Waals surface area contributed by atoms with Crippen LogP contribution in [0.25, 0.3) is 0 Å². The minimum atomic E-state index is -0.110. The summed E-state index contributed by atoms with van der Waals surface area (Å²) in [4.78, 5) is 24.2. The number of hydrogen-bond donors (Lipinski definition) is 2. The van der Waals surface area contributed by atoms with E-state index in [2.05, 4.69) is 15.1 Å². The van der Waals surface area contributed by atoms with Gasteiger partial charge < -0.3 is 15.8 Å². The highest BCUT2D eigenvalue weighted by Crippen LogP contribution is 2.06. The molecule has 1 aliphatic heterocycles. The van der Waals surface area contributed by atoms with E-state index in [1.807, 2.05) is 11.8 Å². The normalized spacial score (nSPS) is 17.2. The van der Waals surface area contributed by atoms with Crippen molar-refractivity contribution in [3.05, 3.63) is 23.8 Å². The fourth-order valence-corrected chi connectivity index (χ4v) is 2.03. The van der Waals surface area contributed by atoms with E-state index >= 15 is 0 Å². The van der Waals surface area contributed by atoms with E-state index in [0.29, 0.717) is 38.4 Å². The number of carbonyl (C=O) groups is 1. The van der Waals surface area contributed by atoms with Gasteiger partial charge in [0, 0.05) is 32.4 Å². The molecule has 0 bridgehead atoms. The molecule has 8 nitrogen and oxygen atoms in total. The van der Waals surface area contributed by atoms with E-state index in [-0.39, 0.29) is 11.7 Å². The highest BCUT2D eigenvalue weighted by molar-refractivity contribution is 5.92. The van der Waals surface area contributed by atoms with E-state index in [1.54, 1.807) is 11.1 Å². The van der Waals surface area contributed by atoms with Gasteiger partial charge in [-0.3, -0.25) is 14.7 Å². The topological polar surface area (TPSA) is 108 Å². The molecule has 2 heterocycles. The Morgan fingerprint density at radius 3 is 2.60 bits per heavy atom. The van der Waals surface area contributed by atoms with E-state index < -0.39 is 0 Å². The van der Waals surface area contributed by atoms with Crippen LogP contribution >= 0.6 is 0 Å². The minimum Gasteiger partial charge on any atom is -0.409 e. The van der Waals surface area contributed by atoms with Crippen molar-refractivity contribution in [2.45, 2.75) is 6.92 Å². The maximum absolute atomic E-state index is 12.2. The number of amidine groups is 1. The molecule has 0 radical (unpaired) electrons. The van der Waals surface area contributed by atoms with Gasteiger partial charge in [0.25, 0.3) is 5.91 Å². The molecule has 0 aliphatic carbocycles. The van der Waals surface area contributed by atoms with Crippen molar-refractivity contribution >= 4 is 11.7 Å². The van der Waals surface area contributed by atoms with Crippen molar-refractivity contribution in [2.24, 2.45) is 10.9 Å². The summed E-state index contributed by atoms with van der Waals surface area (Å²) >= 11 is 0. The van der Waals surface area contributed by atoms with Gasteiger partial charge in [-0.05, 0) is 6.92 Å². The zero-order chi connectivity index (χ0) is 14.5. The van der Waals surface area contributed by atoms with Crippen LogP contribution < -0.4 is 5.73 Å². The Morgan fingerprint density at radius 1 is 1.35 bits per heavy atom. The second-order valence-electron chi connectivity index (χ2n) is 4.70. The molecule has 0 unspecified atom stereocenters. The molecule has 0 saturated carbocycles. The minimum absolute atomic E-state index is 0.110. The monoisotopic (exact) mass is 278 g/mol. The Morgan fingerprint density at radius 2 is 2.05 bits per heavy atom. The molecular weight excluding hydrogens is 260 g/mol. The number of aryl methyl sites for hydroxylation is 1. The SMILES string of the molecule is Cc1cnc(C(=O)N2CCN(CC(N)=NO)CC2)cn1. The molecule has 0 aromatic carbocycles. The van der Waals surface area contributed by atoms with Crippen LogP contribution in [0.4, 0.5) is 0 Å². The van der Waals surface area contributed by atoms with Gasteiger partial charge in [-0.2, -0.15) is 0 Å². The number of nitrogens with two attached hydrogens (primary N) is 1. The molecule has 1 fully saturated rings. The second-order valence-corrected chi connectivity index (χ2v) is 4.70. The number of piperazine rings is 1. The van der Waals surface area contributed by atoms with Gasteiger partial charge in [0.1, 0.15) is 5.69 Å². The number of amides is 1. The first-order valence-corrected chi connectivity index (χ1v) is 6.37. The zero-order valence-corrected chi connectivity index (χ0v) is 11.4. The summed E-state index contributed by atoms with van der Waals surface area (Å²) in [6, 6.07) is 0. The van der Waals surface area contributed by atoms with Crippen molar-refractivity contribution in [1.29, 1.82) is 0 Å². The van der Waals surface area contributed by atoms with Crippen LogP contribution in [0.1, 0.15) is 16.2 Å². The third-order valence-corrected chi connectivity index (χ3v) is 3.17. The number of aromatic nitrogens is 2. The van der Waals surface area contributed by atoms with Crippen LogP contribution in [0, 0.1) is 6.92 Å². The first-order chi connectivity index (χ1) is 9.60. The fraction of sp³-hybridized carbons (Fsp3) is 0.500. The summed E-state index contributed by atoms with van der Waals surface area (Å²) in [5, 5.41) is 11.5. The fourth-order valence-electron chi connectivity index (χ4n) is 2.03. The van der Waals surface area contributed by atoms with Gasteiger partial charge in [0.05, 0.1) is 18.4 Å². The quantitative estimate of drug-likeness (QED) is 0.327. The summed E-state index contributed by atoms with van der Waals surface area (Å²) in [6.07, 6.45) is 3.09. The average molecular weight is 278 g/mol. The molecule has 1 aromatic heterocycles. The third-order valence-electron chi connectivity index (χ3n) is 3.17. The van der Waals surface area contributed by atoms with Crippen LogP contribution in [0.3, 0.4) is 0 Å². The number of nitrogens with zero attached hydrogens (tertiary/aromatic N) is 5. The maximum atomic E-state index is 12.2. The van der Waals surface area contributed by atoms with E-state index in [0.717, 1.165) is 5.69 Å². The average Bonchev–Trinajstić information content (AvgIpc) is 2.48. The highest BCUT2D eigenvalue weighted by Gasteiger charge is 2.23. The molecular formula is C12H18N6O2. The van der Waals surface area contributed by atoms with Crippen LogP contribution in [0.15, 0.2) is 17.5 Å². The van der Waals surface area contributed by atoms with E-state index in [1.165, 1.54) is 6.20 Å². The lowest BCUT2D eigenvalue weighted by atomic mass is 10.2. The van der Waals surface area contributed by atoms with Crippen molar-refractivity contribution in [3.8, 4) is 0 Å². The second kappa shape index (κ2) is 6.29. The Balaban J connectivity index is 1.90. The largest absolute Gasteiger partial charge is 0.409 e. The Hall–Kier alpha value is -2.22. The van der Waals surface area contributed by atoms with Crippen molar-refractivity contribution in [3.63, 3.8) is 0 Å². The maximum Gasteiger partial charge on any atom is 0.274 e. The summed E-state index contributed by atoms with van der Waals surface area (Å²) in [7, 11) is 0. The first-order valence-electron chi connectivity index (χ1n) is 6.37. The molecule has 1 amide bonds. The van der Waals surface area contributed by atoms with E-state index in [4.69, 9.17) is 10.9 Å². The predicted octanol–water partition coefficient (Wildman–Crippen LogP) is -0.711. The van der Waals surface area contributed by atoms with Gasteiger partial charge >= 0.3 is 0 Å². The summed E-state index contributed by atoms with van der Waals surface area (Å²) in [5.41, 5.74) is 6.61. The molecule has 108 valence electrons. The lowest BCUT2D eigenvalue weighted by molar-refractivity contribution is 0.0647. The van der Waals surface area contributed by atoms with Gasteiger partial charge in [-0.15, -0.1) is 0 Å². The van der Waals surface area contributed by atoms with Crippen LogP contribution in [0.2, 0.25) is 0 Å². The van der Waals surface area contributed by atoms with Gasteiger partial charge in [0.15, 0.2) is 5.84 Å². The lowest BCUT2D eigenvalue weighted by Crippen LogP contribution is -2.50. The number of rotatable bonds is 3. The molecule has 20 heavy (non-hydrogen) atoms. The number of carbonyl (C=O) groups excluding carboxylic acids is 1. The smallest absolute Gasteiger partial charge is 0.274 e. The van der Waals surface area contributed by atoms with Crippen molar-refractivity contribution in [1.82, 2.24) is 19.8 Å². The molecule has 1 aromatic rings. The van der Waals surface area contributed by atoms with Crippen LogP contribution in [0.5, 0.6) is 0 Å². The molecule has 0 spiro atoms. The van der Waals surface area contributed by atoms with Crippen molar-refractivity contribution in [2.75, 3.05) is 32.7 Å². The molecule has 2 rings (SSSR count). The van der Waals surface area contributed by atoms with E-state index in [9.17, 15) is 4.79 Å². The number of oxime groups is 1. The lowest BCUT2D eigenvalue weighted by Gasteiger charge is -2.34. The summed E-state index contributed by atoms with van der Waals surface area (Å²) in [5.74, 6) is 0.0649.